The van der Waals surface area contributed by atoms with Crippen LogP contribution in [0.3, 0.4) is 0 Å². The van der Waals surface area contributed by atoms with E-state index in [0.717, 1.165) is 17.8 Å². The summed E-state index contributed by atoms with van der Waals surface area (Å²) in [7, 11) is 0. The van der Waals surface area contributed by atoms with Crippen LogP contribution in [0.4, 0.5) is 17.1 Å². The molecule has 0 spiro atoms. The summed E-state index contributed by atoms with van der Waals surface area (Å²) in [6.45, 7) is 2.14. The first-order chi connectivity index (χ1) is 9.58. The highest BCUT2D eigenvalue weighted by atomic mass is 16.4. The van der Waals surface area contributed by atoms with Crippen LogP contribution in [0.2, 0.25) is 0 Å². The number of hydrogen-bond acceptors (Lipinski definition) is 3. The van der Waals surface area contributed by atoms with E-state index in [2.05, 4.69) is 24.0 Å². The Kier molecular flexibility index (Phi) is 2.86. The van der Waals surface area contributed by atoms with Gasteiger partial charge in [0.1, 0.15) is 0 Å². The zero-order chi connectivity index (χ0) is 14.3. The Labute approximate surface area is 117 Å². The molecule has 0 aromatic heterocycles. The lowest BCUT2D eigenvalue weighted by molar-refractivity contribution is 0.0698. The molecule has 0 aliphatic carbocycles. The molecule has 2 aromatic rings. The number of anilines is 3. The molecule has 3 N–H and O–H groups in total. The van der Waals surface area contributed by atoms with Crippen LogP contribution in [0, 0.1) is 0 Å². The van der Waals surface area contributed by atoms with Gasteiger partial charge in [-0.15, -0.1) is 0 Å². The average molecular weight is 268 g/mol. The number of nitrogens with two attached hydrogens (primary N) is 1. The Morgan fingerprint density at radius 2 is 2.05 bits per heavy atom. The summed E-state index contributed by atoms with van der Waals surface area (Å²) >= 11 is 0. The van der Waals surface area contributed by atoms with Gasteiger partial charge in [0.05, 0.1) is 5.56 Å². The summed E-state index contributed by atoms with van der Waals surface area (Å²) in [6.07, 6.45) is 0.961. The second kappa shape index (κ2) is 4.56. The van der Waals surface area contributed by atoms with Gasteiger partial charge in [0.25, 0.3) is 0 Å². The van der Waals surface area contributed by atoms with Crippen LogP contribution in [0.25, 0.3) is 0 Å². The predicted molar refractivity (Wildman–Crippen MR) is 79.6 cm³/mol. The standard InChI is InChI=1S/C16H16N2O2/c1-10-8-11-4-2-3-5-15(11)18(10)12-6-7-14(17)13(9-12)16(19)20/h2-7,9-10H,8,17H2,1H3,(H,19,20). The van der Waals surface area contributed by atoms with Crippen LogP contribution in [-0.4, -0.2) is 17.1 Å². The number of nitrogens with zero attached hydrogens (tertiary/aromatic N) is 1. The third-order valence-corrected chi connectivity index (χ3v) is 3.75. The van der Waals surface area contributed by atoms with E-state index in [1.165, 1.54) is 5.56 Å². The predicted octanol–water partition coefficient (Wildman–Crippen LogP) is 3.05. The Balaban J connectivity index is 2.10. The number of nitrogen functional groups attached to an aromatic ring is 1. The van der Waals surface area contributed by atoms with Crippen molar-refractivity contribution in [2.45, 2.75) is 19.4 Å². The molecular weight excluding hydrogens is 252 g/mol. The number of carboxylic acids is 1. The Hall–Kier alpha value is -2.49. The van der Waals surface area contributed by atoms with Crippen LogP contribution in [-0.2, 0) is 6.42 Å². The molecule has 1 heterocycles. The van der Waals surface area contributed by atoms with Crippen molar-refractivity contribution in [1.29, 1.82) is 0 Å². The maximum Gasteiger partial charge on any atom is 0.337 e. The van der Waals surface area contributed by atoms with E-state index in [0.29, 0.717) is 11.7 Å². The first kappa shape index (κ1) is 12.5. The first-order valence-electron chi connectivity index (χ1n) is 6.58. The molecule has 0 amide bonds. The van der Waals surface area contributed by atoms with Crippen molar-refractivity contribution >= 4 is 23.0 Å². The number of aromatic carboxylic acids is 1. The molecule has 0 fully saturated rings. The number of rotatable bonds is 2. The van der Waals surface area contributed by atoms with E-state index < -0.39 is 5.97 Å². The summed E-state index contributed by atoms with van der Waals surface area (Å²) in [5.74, 6) is -0.996. The Morgan fingerprint density at radius 3 is 2.80 bits per heavy atom. The quantitative estimate of drug-likeness (QED) is 0.821. The van der Waals surface area contributed by atoms with E-state index in [9.17, 15) is 9.90 Å². The van der Waals surface area contributed by atoms with Crippen LogP contribution >= 0.6 is 0 Å². The average Bonchev–Trinajstić information content (AvgIpc) is 2.75. The zero-order valence-electron chi connectivity index (χ0n) is 11.2. The van der Waals surface area contributed by atoms with Crippen molar-refractivity contribution in [3.63, 3.8) is 0 Å². The molecule has 0 saturated heterocycles. The fourth-order valence-electron chi connectivity index (χ4n) is 2.84. The molecular formula is C16H16N2O2. The van der Waals surface area contributed by atoms with Crippen LogP contribution < -0.4 is 10.6 Å². The molecule has 0 radical (unpaired) electrons. The van der Waals surface area contributed by atoms with Crippen LogP contribution in [0.1, 0.15) is 22.8 Å². The van der Waals surface area contributed by atoms with Crippen molar-refractivity contribution in [3.05, 3.63) is 53.6 Å². The molecule has 3 rings (SSSR count). The maximum absolute atomic E-state index is 11.2. The number of carbonyl (C=O) groups is 1. The van der Waals surface area contributed by atoms with Gasteiger partial charge in [-0.05, 0) is 43.2 Å². The monoisotopic (exact) mass is 268 g/mol. The van der Waals surface area contributed by atoms with E-state index in [4.69, 9.17) is 5.73 Å². The number of fused-ring (bicyclic) bond motifs is 1. The summed E-state index contributed by atoms with van der Waals surface area (Å²) < 4.78 is 0. The largest absolute Gasteiger partial charge is 0.478 e. The van der Waals surface area contributed by atoms with Gasteiger partial charge in [-0.25, -0.2) is 4.79 Å². The van der Waals surface area contributed by atoms with Gasteiger partial charge in [0, 0.05) is 23.1 Å². The van der Waals surface area contributed by atoms with Gasteiger partial charge >= 0.3 is 5.97 Å². The Morgan fingerprint density at radius 1 is 1.30 bits per heavy atom. The second-order valence-electron chi connectivity index (χ2n) is 5.13. The summed E-state index contributed by atoms with van der Waals surface area (Å²) in [5, 5.41) is 9.20. The molecule has 1 aliphatic rings. The molecule has 1 unspecified atom stereocenters. The molecule has 2 aromatic carbocycles. The highest BCUT2D eigenvalue weighted by Gasteiger charge is 2.27. The molecule has 20 heavy (non-hydrogen) atoms. The fourth-order valence-corrected chi connectivity index (χ4v) is 2.84. The Bertz CT molecular complexity index is 682. The molecule has 4 heteroatoms. The molecule has 4 nitrogen and oxygen atoms in total. The third-order valence-electron chi connectivity index (χ3n) is 3.75. The lowest BCUT2D eigenvalue weighted by atomic mass is 10.1. The van der Waals surface area contributed by atoms with Gasteiger partial charge in [-0.3, -0.25) is 0 Å². The lowest BCUT2D eigenvalue weighted by Crippen LogP contribution is -2.24. The van der Waals surface area contributed by atoms with Crippen molar-refractivity contribution < 1.29 is 9.90 Å². The van der Waals surface area contributed by atoms with E-state index in [1.807, 2.05) is 18.2 Å². The smallest absolute Gasteiger partial charge is 0.337 e. The van der Waals surface area contributed by atoms with E-state index in [-0.39, 0.29) is 5.56 Å². The second-order valence-corrected chi connectivity index (χ2v) is 5.13. The van der Waals surface area contributed by atoms with Gasteiger partial charge < -0.3 is 15.7 Å². The van der Waals surface area contributed by atoms with Gasteiger partial charge in [0.2, 0.25) is 0 Å². The number of para-hydroxylation sites is 1. The fraction of sp³-hybridized carbons (Fsp3) is 0.188. The van der Waals surface area contributed by atoms with Gasteiger partial charge in [0.15, 0.2) is 0 Å². The molecule has 0 saturated carbocycles. The van der Waals surface area contributed by atoms with Crippen LogP contribution in [0.15, 0.2) is 42.5 Å². The summed E-state index contributed by atoms with van der Waals surface area (Å²) in [6, 6.07) is 13.7. The van der Waals surface area contributed by atoms with Crippen molar-refractivity contribution in [1.82, 2.24) is 0 Å². The maximum atomic E-state index is 11.2. The zero-order valence-corrected chi connectivity index (χ0v) is 11.2. The lowest BCUT2D eigenvalue weighted by Gasteiger charge is -2.25. The normalized spacial score (nSPS) is 17.1. The third kappa shape index (κ3) is 1.90. The summed E-state index contributed by atoms with van der Waals surface area (Å²) in [4.78, 5) is 13.4. The minimum Gasteiger partial charge on any atom is -0.478 e. The SMILES string of the molecule is CC1Cc2ccccc2N1c1ccc(N)c(C(=O)O)c1. The molecule has 0 bridgehead atoms. The summed E-state index contributed by atoms with van der Waals surface area (Å²) in [5.41, 5.74) is 9.46. The van der Waals surface area contributed by atoms with Crippen molar-refractivity contribution in [2.24, 2.45) is 0 Å². The number of hydrogen-bond donors (Lipinski definition) is 2. The van der Waals surface area contributed by atoms with E-state index >= 15 is 0 Å². The topological polar surface area (TPSA) is 66.6 Å². The van der Waals surface area contributed by atoms with Gasteiger partial charge in [-0.1, -0.05) is 18.2 Å². The first-order valence-corrected chi connectivity index (χ1v) is 6.58. The van der Waals surface area contributed by atoms with Gasteiger partial charge in [-0.2, -0.15) is 0 Å². The minimum atomic E-state index is -0.996. The molecule has 102 valence electrons. The molecule has 1 aliphatic heterocycles. The van der Waals surface area contributed by atoms with Crippen molar-refractivity contribution in [3.8, 4) is 0 Å². The van der Waals surface area contributed by atoms with Crippen molar-refractivity contribution in [2.75, 3.05) is 10.6 Å². The highest BCUT2D eigenvalue weighted by Crippen LogP contribution is 2.38. The van der Waals surface area contributed by atoms with E-state index in [1.54, 1.807) is 12.1 Å². The highest BCUT2D eigenvalue weighted by molar-refractivity contribution is 5.95. The number of benzene rings is 2. The minimum absolute atomic E-state index is 0.152. The van der Waals surface area contributed by atoms with Crippen LogP contribution in [0.5, 0.6) is 0 Å². The number of carboxylic acid groups (broad SMARTS) is 1. The molecule has 1 atom stereocenters.